The van der Waals surface area contributed by atoms with Gasteiger partial charge < -0.3 is 25.4 Å². The molecule has 1 aromatic rings. The van der Waals surface area contributed by atoms with Gasteiger partial charge in [-0.1, -0.05) is 12.8 Å². The maximum Gasteiger partial charge on any atom is 0.221 e. The average molecular weight is 377 g/mol. The molecule has 1 amide bonds. The van der Waals surface area contributed by atoms with Gasteiger partial charge in [0.05, 0.1) is 20.8 Å². The summed E-state index contributed by atoms with van der Waals surface area (Å²) in [4.78, 5) is 16.6. The standard InChI is InChI=1S/C20H32N4O3/c1-4-21-20(22-12-11-19(25)24-16-7-5-6-8-16)23-14-15-9-10-17(26-2)13-18(15)27-3/h9-10,13,16H,4-8,11-12,14H2,1-3H3,(H,24,25)(H2,21,22,23). The number of nitrogens with one attached hydrogen (secondary N) is 3. The summed E-state index contributed by atoms with van der Waals surface area (Å²) in [6.45, 7) is 3.78. The van der Waals surface area contributed by atoms with Crippen molar-refractivity contribution in [2.45, 2.75) is 51.6 Å². The Morgan fingerprint density at radius 3 is 2.63 bits per heavy atom. The highest BCUT2D eigenvalue weighted by molar-refractivity contribution is 5.81. The van der Waals surface area contributed by atoms with E-state index in [1.165, 1.54) is 12.8 Å². The smallest absolute Gasteiger partial charge is 0.221 e. The molecule has 1 aliphatic carbocycles. The normalized spacial score (nSPS) is 14.7. The summed E-state index contributed by atoms with van der Waals surface area (Å²) in [5, 5.41) is 9.52. The minimum absolute atomic E-state index is 0.0991. The summed E-state index contributed by atoms with van der Waals surface area (Å²) in [6, 6.07) is 6.04. The molecule has 3 N–H and O–H groups in total. The fourth-order valence-electron chi connectivity index (χ4n) is 3.15. The van der Waals surface area contributed by atoms with Crippen LogP contribution in [0, 0.1) is 0 Å². The van der Waals surface area contributed by atoms with Crippen LogP contribution in [0.2, 0.25) is 0 Å². The summed E-state index contributed by atoms with van der Waals surface area (Å²) in [5.41, 5.74) is 0.967. The lowest BCUT2D eigenvalue weighted by molar-refractivity contribution is -0.121. The van der Waals surface area contributed by atoms with Crippen molar-refractivity contribution in [2.75, 3.05) is 27.3 Å². The van der Waals surface area contributed by atoms with Gasteiger partial charge in [-0.25, -0.2) is 4.99 Å². The van der Waals surface area contributed by atoms with Crippen LogP contribution in [0.3, 0.4) is 0 Å². The SMILES string of the molecule is CCNC(=NCc1ccc(OC)cc1OC)NCCC(=O)NC1CCCC1. The van der Waals surface area contributed by atoms with Crippen molar-refractivity contribution in [3.05, 3.63) is 23.8 Å². The molecule has 0 radical (unpaired) electrons. The number of guanidine groups is 1. The van der Waals surface area contributed by atoms with Crippen LogP contribution in [0.25, 0.3) is 0 Å². The van der Waals surface area contributed by atoms with Gasteiger partial charge in [0.1, 0.15) is 11.5 Å². The van der Waals surface area contributed by atoms with Gasteiger partial charge in [0.15, 0.2) is 5.96 Å². The minimum atomic E-state index is 0.0991. The second kappa shape index (κ2) is 11.3. The Kier molecular flexibility index (Phi) is 8.74. The zero-order valence-electron chi connectivity index (χ0n) is 16.6. The fourth-order valence-corrected chi connectivity index (χ4v) is 3.15. The average Bonchev–Trinajstić information content (AvgIpc) is 3.18. The Bertz CT molecular complexity index is 628. The lowest BCUT2D eigenvalue weighted by Crippen LogP contribution is -2.40. The largest absolute Gasteiger partial charge is 0.497 e. The molecule has 1 saturated carbocycles. The maximum absolute atomic E-state index is 12.0. The zero-order valence-corrected chi connectivity index (χ0v) is 16.6. The first-order valence-electron chi connectivity index (χ1n) is 9.68. The van der Waals surface area contributed by atoms with Crippen LogP contribution in [0.4, 0.5) is 0 Å². The molecule has 2 rings (SSSR count). The van der Waals surface area contributed by atoms with Crippen LogP contribution in [-0.4, -0.2) is 45.2 Å². The van der Waals surface area contributed by atoms with Crippen molar-refractivity contribution in [1.82, 2.24) is 16.0 Å². The van der Waals surface area contributed by atoms with Crippen molar-refractivity contribution in [1.29, 1.82) is 0 Å². The van der Waals surface area contributed by atoms with E-state index in [0.717, 1.165) is 36.4 Å². The lowest BCUT2D eigenvalue weighted by Gasteiger charge is -2.14. The summed E-state index contributed by atoms with van der Waals surface area (Å²) in [5.74, 6) is 2.27. The number of ether oxygens (including phenoxy) is 2. The topological polar surface area (TPSA) is 84.0 Å². The third kappa shape index (κ3) is 7.00. The Morgan fingerprint density at radius 2 is 1.96 bits per heavy atom. The van der Waals surface area contributed by atoms with E-state index in [1.807, 2.05) is 25.1 Å². The van der Waals surface area contributed by atoms with Crippen molar-refractivity contribution < 1.29 is 14.3 Å². The third-order valence-electron chi connectivity index (χ3n) is 4.61. The molecule has 0 heterocycles. The van der Waals surface area contributed by atoms with Crippen molar-refractivity contribution in [3.8, 4) is 11.5 Å². The predicted molar refractivity (Wildman–Crippen MR) is 107 cm³/mol. The summed E-state index contributed by atoms with van der Waals surface area (Å²) in [6.07, 6.45) is 5.08. The second-order valence-corrected chi connectivity index (χ2v) is 6.60. The molecule has 0 aliphatic heterocycles. The highest BCUT2D eigenvalue weighted by atomic mass is 16.5. The molecule has 0 unspecified atom stereocenters. The molecule has 0 atom stereocenters. The quantitative estimate of drug-likeness (QED) is 0.455. The summed E-state index contributed by atoms with van der Waals surface area (Å²) >= 11 is 0. The lowest BCUT2D eigenvalue weighted by atomic mass is 10.2. The molecule has 0 bridgehead atoms. The minimum Gasteiger partial charge on any atom is -0.497 e. The van der Waals surface area contributed by atoms with E-state index in [1.54, 1.807) is 14.2 Å². The molecule has 27 heavy (non-hydrogen) atoms. The van der Waals surface area contributed by atoms with Gasteiger partial charge in [0, 0.05) is 37.2 Å². The fraction of sp³-hybridized carbons (Fsp3) is 0.600. The van der Waals surface area contributed by atoms with Crippen LogP contribution in [0.5, 0.6) is 11.5 Å². The van der Waals surface area contributed by atoms with Gasteiger partial charge in [0.2, 0.25) is 5.91 Å². The number of hydrogen-bond donors (Lipinski definition) is 3. The number of amides is 1. The number of rotatable bonds is 9. The Hall–Kier alpha value is -2.44. The summed E-state index contributed by atoms with van der Waals surface area (Å²) in [7, 11) is 3.26. The second-order valence-electron chi connectivity index (χ2n) is 6.60. The number of carbonyl (C=O) groups excluding carboxylic acids is 1. The van der Waals surface area contributed by atoms with E-state index < -0.39 is 0 Å². The van der Waals surface area contributed by atoms with Crippen molar-refractivity contribution in [2.24, 2.45) is 4.99 Å². The van der Waals surface area contributed by atoms with Crippen LogP contribution in [0.15, 0.2) is 23.2 Å². The molecular weight excluding hydrogens is 344 g/mol. The number of methoxy groups -OCH3 is 2. The van der Waals surface area contributed by atoms with Gasteiger partial charge >= 0.3 is 0 Å². The Morgan fingerprint density at radius 1 is 1.19 bits per heavy atom. The Balaban J connectivity index is 1.85. The van der Waals surface area contributed by atoms with Crippen LogP contribution >= 0.6 is 0 Å². The molecule has 1 fully saturated rings. The van der Waals surface area contributed by atoms with Gasteiger partial charge in [-0.3, -0.25) is 4.79 Å². The van der Waals surface area contributed by atoms with Crippen LogP contribution in [0.1, 0.15) is 44.6 Å². The molecule has 0 spiro atoms. The molecule has 150 valence electrons. The summed E-state index contributed by atoms with van der Waals surface area (Å²) < 4.78 is 10.6. The first kappa shape index (κ1) is 20.9. The highest BCUT2D eigenvalue weighted by Gasteiger charge is 2.16. The predicted octanol–water partition coefficient (Wildman–Crippen LogP) is 2.21. The first-order chi connectivity index (χ1) is 13.2. The molecule has 0 saturated heterocycles. The molecule has 1 aliphatic rings. The Labute approximate surface area is 161 Å². The number of benzene rings is 1. The van der Waals surface area contributed by atoms with E-state index in [4.69, 9.17) is 9.47 Å². The number of nitrogens with zero attached hydrogens (tertiary/aromatic N) is 1. The molecular formula is C20H32N4O3. The molecule has 7 nitrogen and oxygen atoms in total. The van der Waals surface area contributed by atoms with Crippen molar-refractivity contribution >= 4 is 11.9 Å². The maximum atomic E-state index is 12.0. The number of carbonyl (C=O) groups is 1. The van der Waals surface area contributed by atoms with E-state index in [2.05, 4.69) is 20.9 Å². The van der Waals surface area contributed by atoms with E-state index >= 15 is 0 Å². The molecule has 0 aromatic heterocycles. The van der Waals surface area contributed by atoms with Crippen molar-refractivity contribution in [3.63, 3.8) is 0 Å². The zero-order chi connectivity index (χ0) is 19.5. The van der Waals surface area contributed by atoms with Gasteiger partial charge in [-0.2, -0.15) is 0 Å². The monoisotopic (exact) mass is 376 g/mol. The van der Waals surface area contributed by atoms with Gasteiger partial charge in [0.25, 0.3) is 0 Å². The third-order valence-corrected chi connectivity index (χ3v) is 4.61. The van der Waals surface area contributed by atoms with E-state index in [-0.39, 0.29) is 5.91 Å². The molecule has 7 heteroatoms. The van der Waals surface area contributed by atoms with Gasteiger partial charge in [-0.15, -0.1) is 0 Å². The van der Waals surface area contributed by atoms with Crippen LogP contribution in [-0.2, 0) is 11.3 Å². The highest BCUT2D eigenvalue weighted by Crippen LogP contribution is 2.25. The van der Waals surface area contributed by atoms with E-state index in [0.29, 0.717) is 31.5 Å². The number of aliphatic imine (C=N–C) groups is 1. The number of hydrogen-bond acceptors (Lipinski definition) is 4. The van der Waals surface area contributed by atoms with Crippen LogP contribution < -0.4 is 25.4 Å². The molecule has 1 aromatic carbocycles. The first-order valence-corrected chi connectivity index (χ1v) is 9.68. The van der Waals surface area contributed by atoms with E-state index in [9.17, 15) is 4.79 Å². The van der Waals surface area contributed by atoms with Gasteiger partial charge in [-0.05, 0) is 31.9 Å².